The van der Waals surface area contributed by atoms with Gasteiger partial charge in [-0.25, -0.2) is 4.98 Å². The lowest BCUT2D eigenvalue weighted by atomic mass is 10.3. The number of nitrogens with one attached hydrogen (secondary N) is 2. The Morgan fingerprint density at radius 1 is 1.50 bits per heavy atom. The van der Waals surface area contributed by atoms with Crippen LogP contribution in [0.4, 0.5) is 5.69 Å². The molecule has 0 saturated heterocycles. The van der Waals surface area contributed by atoms with Gasteiger partial charge >= 0.3 is 0 Å². The fourth-order valence-corrected chi connectivity index (χ4v) is 1.41. The van der Waals surface area contributed by atoms with Crippen LogP contribution in [0.15, 0.2) is 18.3 Å². The first-order chi connectivity index (χ1) is 7.79. The normalized spacial score (nSPS) is 14.6. The number of amides is 1. The van der Waals surface area contributed by atoms with Gasteiger partial charge in [-0.3, -0.25) is 4.79 Å². The zero-order valence-corrected chi connectivity index (χ0v) is 9.49. The van der Waals surface area contributed by atoms with Crippen LogP contribution in [0, 0.1) is 0 Å². The number of pyridine rings is 1. The summed E-state index contributed by atoms with van der Waals surface area (Å²) in [7, 11) is 0. The van der Waals surface area contributed by atoms with Crippen molar-refractivity contribution in [2.75, 3.05) is 11.9 Å². The van der Waals surface area contributed by atoms with E-state index < -0.39 is 0 Å². The van der Waals surface area contributed by atoms with Crippen LogP contribution < -0.4 is 10.6 Å². The van der Waals surface area contributed by atoms with Gasteiger partial charge in [0.05, 0.1) is 11.9 Å². The first-order valence-electron chi connectivity index (χ1n) is 5.80. The molecule has 1 fully saturated rings. The van der Waals surface area contributed by atoms with E-state index >= 15 is 0 Å². The third-order valence-corrected chi connectivity index (χ3v) is 2.48. The summed E-state index contributed by atoms with van der Waals surface area (Å²) < 4.78 is 0. The zero-order valence-electron chi connectivity index (χ0n) is 9.49. The lowest BCUT2D eigenvalue weighted by molar-refractivity contribution is 0.0949. The van der Waals surface area contributed by atoms with Crippen molar-refractivity contribution in [2.24, 2.45) is 0 Å². The van der Waals surface area contributed by atoms with Crippen LogP contribution in [0.25, 0.3) is 0 Å². The smallest absolute Gasteiger partial charge is 0.269 e. The SMILES string of the molecule is CCCNC(=O)c1ccc(NC2CC2)cn1. The molecule has 0 aliphatic heterocycles. The fourth-order valence-electron chi connectivity index (χ4n) is 1.41. The van der Waals surface area contributed by atoms with E-state index in [1.807, 2.05) is 13.0 Å². The van der Waals surface area contributed by atoms with Gasteiger partial charge in [0.2, 0.25) is 0 Å². The highest BCUT2D eigenvalue weighted by atomic mass is 16.1. The molecule has 0 spiro atoms. The van der Waals surface area contributed by atoms with Crippen molar-refractivity contribution in [3.8, 4) is 0 Å². The van der Waals surface area contributed by atoms with Gasteiger partial charge in [-0.1, -0.05) is 6.92 Å². The number of anilines is 1. The van der Waals surface area contributed by atoms with Crippen LogP contribution in [-0.2, 0) is 0 Å². The van der Waals surface area contributed by atoms with Gasteiger partial charge in [0, 0.05) is 12.6 Å². The minimum atomic E-state index is -0.0974. The molecule has 2 rings (SSSR count). The van der Waals surface area contributed by atoms with Crippen molar-refractivity contribution < 1.29 is 4.79 Å². The van der Waals surface area contributed by atoms with Crippen LogP contribution in [-0.4, -0.2) is 23.5 Å². The fraction of sp³-hybridized carbons (Fsp3) is 0.500. The first kappa shape index (κ1) is 10.9. The molecule has 16 heavy (non-hydrogen) atoms. The van der Waals surface area contributed by atoms with E-state index in [4.69, 9.17) is 0 Å². The number of nitrogens with zero attached hydrogens (tertiary/aromatic N) is 1. The van der Waals surface area contributed by atoms with Gasteiger partial charge in [-0.2, -0.15) is 0 Å². The van der Waals surface area contributed by atoms with E-state index in [-0.39, 0.29) is 5.91 Å². The summed E-state index contributed by atoms with van der Waals surface area (Å²) in [5.41, 5.74) is 1.48. The molecule has 1 heterocycles. The Balaban J connectivity index is 1.92. The minimum absolute atomic E-state index is 0.0974. The van der Waals surface area contributed by atoms with E-state index in [1.165, 1.54) is 12.8 Å². The molecule has 86 valence electrons. The number of carbonyl (C=O) groups is 1. The molecule has 2 N–H and O–H groups in total. The Labute approximate surface area is 95.5 Å². The molecule has 0 bridgehead atoms. The maximum absolute atomic E-state index is 11.6. The van der Waals surface area contributed by atoms with E-state index in [1.54, 1.807) is 12.3 Å². The summed E-state index contributed by atoms with van der Waals surface area (Å²) in [4.78, 5) is 15.7. The monoisotopic (exact) mass is 219 g/mol. The second-order valence-electron chi connectivity index (χ2n) is 4.11. The lowest BCUT2D eigenvalue weighted by Gasteiger charge is -2.05. The van der Waals surface area contributed by atoms with Crippen LogP contribution in [0.1, 0.15) is 36.7 Å². The standard InChI is InChI=1S/C12H17N3O/c1-2-7-13-12(16)11-6-5-10(8-14-11)15-9-3-4-9/h5-6,8-9,15H,2-4,7H2,1H3,(H,13,16). The average molecular weight is 219 g/mol. The van der Waals surface area contributed by atoms with Crippen molar-refractivity contribution in [1.29, 1.82) is 0 Å². The molecule has 0 unspecified atom stereocenters. The van der Waals surface area contributed by atoms with Gasteiger partial charge in [0.15, 0.2) is 0 Å². The summed E-state index contributed by atoms with van der Waals surface area (Å²) in [5, 5.41) is 6.13. The number of rotatable bonds is 5. The quantitative estimate of drug-likeness (QED) is 0.794. The highest BCUT2D eigenvalue weighted by molar-refractivity contribution is 5.92. The van der Waals surface area contributed by atoms with Crippen molar-refractivity contribution in [1.82, 2.24) is 10.3 Å². The number of aromatic nitrogens is 1. The summed E-state index contributed by atoms with van der Waals surface area (Å²) in [6.45, 7) is 2.72. The second-order valence-corrected chi connectivity index (χ2v) is 4.11. The maximum Gasteiger partial charge on any atom is 0.269 e. The van der Waals surface area contributed by atoms with Gasteiger partial charge < -0.3 is 10.6 Å². The summed E-state index contributed by atoms with van der Waals surface area (Å²) in [6.07, 6.45) is 5.13. The van der Waals surface area contributed by atoms with E-state index in [2.05, 4.69) is 15.6 Å². The van der Waals surface area contributed by atoms with Gasteiger partial charge in [-0.05, 0) is 31.4 Å². The van der Waals surface area contributed by atoms with Crippen molar-refractivity contribution in [3.63, 3.8) is 0 Å². The molecule has 1 amide bonds. The Bertz CT molecular complexity index is 357. The molecule has 4 heteroatoms. The Morgan fingerprint density at radius 3 is 2.88 bits per heavy atom. The molecule has 0 aromatic carbocycles. The zero-order chi connectivity index (χ0) is 11.4. The van der Waals surface area contributed by atoms with E-state index in [0.717, 1.165) is 12.1 Å². The molecular formula is C12H17N3O. The third kappa shape index (κ3) is 2.95. The minimum Gasteiger partial charge on any atom is -0.381 e. The van der Waals surface area contributed by atoms with Gasteiger partial charge in [0.1, 0.15) is 5.69 Å². The maximum atomic E-state index is 11.6. The van der Waals surface area contributed by atoms with Crippen LogP contribution >= 0.6 is 0 Å². The van der Waals surface area contributed by atoms with Crippen molar-refractivity contribution >= 4 is 11.6 Å². The predicted octanol–water partition coefficient (Wildman–Crippen LogP) is 1.80. The largest absolute Gasteiger partial charge is 0.381 e. The van der Waals surface area contributed by atoms with Crippen molar-refractivity contribution in [2.45, 2.75) is 32.2 Å². The molecule has 1 aliphatic carbocycles. The molecular weight excluding hydrogens is 202 g/mol. The summed E-state index contributed by atoms with van der Waals surface area (Å²) >= 11 is 0. The number of carbonyl (C=O) groups excluding carboxylic acids is 1. The third-order valence-electron chi connectivity index (χ3n) is 2.48. The molecule has 1 saturated carbocycles. The Hall–Kier alpha value is -1.58. The molecule has 1 aliphatic rings. The highest BCUT2D eigenvalue weighted by Crippen LogP contribution is 2.24. The molecule has 0 atom stereocenters. The van der Waals surface area contributed by atoms with Crippen LogP contribution in [0.3, 0.4) is 0 Å². The Kier molecular flexibility index (Phi) is 3.39. The van der Waals surface area contributed by atoms with Gasteiger partial charge in [-0.15, -0.1) is 0 Å². The lowest BCUT2D eigenvalue weighted by Crippen LogP contribution is -2.24. The number of hydrogen-bond donors (Lipinski definition) is 2. The average Bonchev–Trinajstić information content (AvgIpc) is 3.11. The summed E-state index contributed by atoms with van der Waals surface area (Å²) in [6, 6.07) is 4.28. The molecule has 0 radical (unpaired) electrons. The first-order valence-corrected chi connectivity index (χ1v) is 5.80. The van der Waals surface area contributed by atoms with Crippen LogP contribution in [0.5, 0.6) is 0 Å². The molecule has 4 nitrogen and oxygen atoms in total. The topological polar surface area (TPSA) is 54.0 Å². The molecule has 1 aromatic heterocycles. The van der Waals surface area contributed by atoms with E-state index in [9.17, 15) is 4.79 Å². The summed E-state index contributed by atoms with van der Waals surface area (Å²) in [5.74, 6) is -0.0974. The predicted molar refractivity (Wildman–Crippen MR) is 63.5 cm³/mol. The highest BCUT2D eigenvalue weighted by Gasteiger charge is 2.20. The second kappa shape index (κ2) is 4.96. The number of hydrogen-bond acceptors (Lipinski definition) is 3. The Morgan fingerprint density at radius 2 is 2.31 bits per heavy atom. The van der Waals surface area contributed by atoms with E-state index in [0.29, 0.717) is 18.3 Å². The van der Waals surface area contributed by atoms with Gasteiger partial charge in [0.25, 0.3) is 5.91 Å². The van der Waals surface area contributed by atoms with Crippen LogP contribution in [0.2, 0.25) is 0 Å². The molecule has 1 aromatic rings. The van der Waals surface area contributed by atoms with Crippen molar-refractivity contribution in [3.05, 3.63) is 24.0 Å².